The normalized spacial score (nSPS) is 20.7. The number of hydrogen-bond donors (Lipinski definition) is 1. The number of nitrogens with one attached hydrogen (secondary N) is 1. The summed E-state index contributed by atoms with van der Waals surface area (Å²) in [5, 5.41) is 1.08. The predicted molar refractivity (Wildman–Crippen MR) is 157 cm³/mol. The molecule has 1 N–H and O–H groups in total. The van der Waals surface area contributed by atoms with Crippen LogP contribution in [0.3, 0.4) is 0 Å². The average molecular weight is 645 g/mol. The minimum Gasteiger partial charge on any atom is -0.461 e. The van der Waals surface area contributed by atoms with Crippen LogP contribution >= 0.6 is 0 Å². The SMILES string of the molecule is CC1(C)[C@H](C(=O)OCOC(=O)CCCCC(=O)OCc2ccccc2)N2C(=O)[C@H](CNC(=O)OCc3ccccc3)[C@H]2S1(=O)=O. The lowest BCUT2D eigenvalue weighted by molar-refractivity contribution is -0.178. The van der Waals surface area contributed by atoms with E-state index in [1.54, 1.807) is 24.3 Å². The Morgan fingerprint density at radius 2 is 1.33 bits per heavy atom. The summed E-state index contributed by atoms with van der Waals surface area (Å²) in [6, 6.07) is 16.7. The van der Waals surface area contributed by atoms with Crippen molar-refractivity contribution in [3.05, 3.63) is 71.8 Å². The van der Waals surface area contributed by atoms with Crippen LogP contribution in [-0.4, -0.2) is 72.7 Å². The van der Waals surface area contributed by atoms with Crippen LogP contribution in [0.15, 0.2) is 60.7 Å². The van der Waals surface area contributed by atoms with Crippen molar-refractivity contribution in [2.75, 3.05) is 13.3 Å². The average Bonchev–Trinajstić information content (AvgIpc) is 3.16. The van der Waals surface area contributed by atoms with Gasteiger partial charge in [0, 0.05) is 19.4 Å². The Labute approximate surface area is 261 Å². The number of carbonyl (C=O) groups is 5. The Bertz CT molecular complexity index is 1500. The standard InChI is InChI=1S/C31H36N2O11S/c1-31(2)26(29(37)44-20-43-25(35)16-10-9-15-24(34)41-18-21-11-5-3-6-12-21)33-27(36)23(28(33)45(31,39)40)17-32-30(38)42-19-22-13-7-4-8-14-22/h3-8,11-14,23,26,28H,9-10,15-20H2,1-2H3,(H,32,38)/t23-,26-,28+/m0/s1. The smallest absolute Gasteiger partial charge is 0.407 e. The topological polar surface area (TPSA) is 172 Å². The van der Waals surface area contributed by atoms with Gasteiger partial charge in [-0.3, -0.25) is 14.4 Å². The highest BCUT2D eigenvalue weighted by Gasteiger charge is 2.72. The van der Waals surface area contributed by atoms with E-state index in [4.69, 9.17) is 18.9 Å². The monoisotopic (exact) mass is 644 g/mol. The van der Waals surface area contributed by atoms with Crippen LogP contribution in [0.5, 0.6) is 0 Å². The summed E-state index contributed by atoms with van der Waals surface area (Å²) in [7, 11) is -4.06. The lowest BCUT2D eigenvalue weighted by atomic mass is 9.91. The molecule has 0 aromatic heterocycles. The van der Waals surface area contributed by atoms with Crippen molar-refractivity contribution in [3.8, 4) is 0 Å². The van der Waals surface area contributed by atoms with Gasteiger partial charge >= 0.3 is 24.0 Å². The maximum absolute atomic E-state index is 13.3. The summed E-state index contributed by atoms with van der Waals surface area (Å²) < 4.78 is 45.2. The van der Waals surface area contributed by atoms with Gasteiger partial charge in [0.2, 0.25) is 12.7 Å². The van der Waals surface area contributed by atoms with Crippen LogP contribution in [0.4, 0.5) is 4.79 Å². The van der Waals surface area contributed by atoms with E-state index >= 15 is 0 Å². The number of β-lactam (4-membered cyclic amide) rings is 1. The Hall–Kier alpha value is -4.46. The summed E-state index contributed by atoms with van der Waals surface area (Å²) in [5.41, 5.74) is 1.62. The largest absolute Gasteiger partial charge is 0.461 e. The van der Waals surface area contributed by atoms with E-state index in [-0.39, 0.29) is 32.6 Å². The summed E-state index contributed by atoms with van der Waals surface area (Å²) in [6.45, 7) is 1.72. The second-order valence-corrected chi connectivity index (χ2v) is 13.8. The van der Waals surface area contributed by atoms with Gasteiger partial charge in [0.15, 0.2) is 9.84 Å². The molecule has 45 heavy (non-hydrogen) atoms. The van der Waals surface area contributed by atoms with E-state index in [1.165, 1.54) is 13.8 Å². The minimum absolute atomic E-state index is 0.00547. The summed E-state index contributed by atoms with van der Waals surface area (Å²) in [4.78, 5) is 62.9. The van der Waals surface area contributed by atoms with Crippen molar-refractivity contribution in [1.29, 1.82) is 0 Å². The number of carbonyl (C=O) groups excluding carboxylic acids is 5. The number of hydrogen-bond acceptors (Lipinski definition) is 11. The molecule has 3 atom stereocenters. The molecule has 4 rings (SSSR count). The van der Waals surface area contributed by atoms with Crippen molar-refractivity contribution in [2.45, 2.75) is 68.9 Å². The van der Waals surface area contributed by atoms with E-state index in [1.807, 2.05) is 36.4 Å². The first-order valence-corrected chi connectivity index (χ1v) is 16.0. The molecule has 0 unspecified atom stereocenters. The fraction of sp³-hybridized carbons (Fsp3) is 0.452. The molecular weight excluding hydrogens is 608 g/mol. The number of nitrogens with zero attached hydrogens (tertiary/aromatic N) is 1. The number of unbranched alkanes of at least 4 members (excludes halogenated alkanes) is 1. The number of alkyl carbamates (subject to hydrolysis) is 1. The van der Waals surface area contributed by atoms with Gasteiger partial charge in [-0.15, -0.1) is 0 Å². The zero-order valence-corrected chi connectivity index (χ0v) is 25.8. The molecule has 2 heterocycles. The summed E-state index contributed by atoms with van der Waals surface area (Å²) in [5.74, 6) is -3.86. The van der Waals surface area contributed by atoms with Crippen molar-refractivity contribution >= 4 is 39.7 Å². The number of sulfone groups is 1. The first-order chi connectivity index (χ1) is 21.4. The van der Waals surface area contributed by atoms with Crippen molar-refractivity contribution in [3.63, 3.8) is 0 Å². The quantitative estimate of drug-likeness (QED) is 0.105. The second-order valence-electron chi connectivity index (χ2n) is 11.2. The molecule has 0 aliphatic carbocycles. The van der Waals surface area contributed by atoms with Gasteiger partial charge in [-0.2, -0.15) is 0 Å². The number of amides is 2. The minimum atomic E-state index is -4.06. The molecule has 2 aromatic carbocycles. The molecule has 2 amide bonds. The predicted octanol–water partition coefficient (Wildman–Crippen LogP) is 2.62. The van der Waals surface area contributed by atoms with Crippen LogP contribution in [0.1, 0.15) is 50.7 Å². The van der Waals surface area contributed by atoms with Gasteiger partial charge in [-0.1, -0.05) is 60.7 Å². The highest BCUT2D eigenvalue weighted by atomic mass is 32.2. The van der Waals surface area contributed by atoms with E-state index in [0.717, 1.165) is 16.0 Å². The maximum Gasteiger partial charge on any atom is 0.407 e. The van der Waals surface area contributed by atoms with E-state index in [9.17, 15) is 32.4 Å². The fourth-order valence-electron chi connectivity index (χ4n) is 5.20. The number of rotatable bonds is 14. The van der Waals surface area contributed by atoms with Gasteiger partial charge in [0.05, 0.1) is 10.7 Å². The number of ether oxygens (including phenoxy) is 4. The molecule has 14 heteroatoms. The van der Waals surface area contributed by atoms with E-state index in [0.29, 0.717) is 12.8 Å². The molecule has 2 saturated heterocycles. The lowest BCUT2D eigenvalue weighted by Crippen LogP contribution is -2.66. The molecule has 0 radical (unpaired) electrons. The number of fused-ring (bicyclic) bond motifs is 1. The van der Waals surface area contributed by atoms with E-state index < -0.39 is 68.6 Å². The number of benzene rings is 2. The zero-order valence-electron chi connectivity index (χ0n) is 25.0. The maximum atomic E-state index is 13.3. The molecule has 2 aromatic rings. The molecule has 242 valence electrons. The Morgan fingerprint density at radius 3 is 1.91 bits per heavy atom. The molecular formula is C31H36N2O11S. The molecule has 0 bridgehead atoms. The Balaban J connectivity index is 1.18. The highest BCUT2D eigenvalue weighted by Crippen LogP contribution is 2.48. The molecule has 2 aliphatic heterocycles. The lowest BCUT2D eigenvalue weighted by Gasteiger charge is -2.42. The molecule has 13 nitrogen and oxygen atoms in total. The Morgan fingerprint density at radius 1 is 0.800 bits per heavy atom. The first-order valence-electron chi connectivity index (χ1n) is 14.5. The zero-order chi connectivity index (χ0) is 32.6. The van der Waals surface area contributed by atoms with Crippen LogP contribution in [0, 0.1) is 5.92 Å². The van der Waals surface area contributed by atoms with E-state index in [2.05, 4.69) is 5.32 Å². The third-order valence-corrected chi connectivity index (χ3v) is 10.6. The first kappa shape index (κ1) is 33.4. The fourth-order valence-corrected chi connectivity index (χ4v) is 7.51. The third kappa shape index (κ3) is 7.80. The molecule has 2 fully saturated rings. The molecule has 2 aliphatic rings. The highest BCUT2D eigenvalue weighted by molar-refractivity contribution is 7.93. The number of esters is 3. The van der Waals surface area contributed by atoms with Crippen LogP contribution in [-0.2, 0) is 61.2 Å². The molecule has 0 spiro atoms. The van der Waals surface area contributed by atoms with Crippen LogP contribution in [0.2, 0.25) is 0 Å². The van der Waals surface area contributed by atoms with Crippen molar-refractivity contribution in [1.82, 2.24) is 10.2 Å². The summed E-state index contributed by atoms with van der Waals surface area (Å²) >= 11 is 0. The third-order valence-electron chi connectivity index (χ3n) is 7.76. The van der Waals surface area contributed by atoms with Crippen LogP contribution < -0.4 is 5.32 Å². The van der Waals surface area contributed by atoms with Crippen molar-refractivity contribution < 1.29 is 51.3 Å². The second kappa shape index (κ2) is 14.5. The van der Waals surface area contributed by atoms with Gasteiger partial charge < -0.3 is 29.2 Å². The summed E-state index contributed by atoms with van der Waals surface area (Å²) in [6.07, 6.45) is -0.0185. The van der Waals surface area contributed by atoms with Gasteiger partial charge in [0.1, 0.15) is 24.6 Å². The van der Waals surface area contributed by atoms with Crippen molar-refractivity contribution in [2.24, 2.45) is 5.92 Å². The molecule has 0 saturated carbocycles. The Kier molecular flexibility index (Phi) is 10.8. The van der Waals surface area contributed by atoms with Gasteiger partial charge in [0.25, 0.3) is 0 Å². The van der Waals surface area contributed by atoms with Gasteiger partial charge in [-0.25, -0.2) is 18.0 Å². The van der Waals surface area contributed by atoms with Crippen LogP contribution in [0.25, 0.3) is 0 Å². The van der Waals surface area contributed by atoms with Gasteiger partial charge in [-0.05, 0) is 37.8 Å².